The third kappa shape index (κ3) is 3.19. The summed E-state index contributed by atoms with van der Waals surface area (Å²) >= 11 is 0. The van der Waals surface area contributed by atoms with Gasteiger partial charge in [-0.1, -0.05) is 19.8 Å². The zero-order valence-corrected chi connectivity index (χ0v) is 10.6. The highest BCUT2D eigenvalue weighted by Crippen LogP contribution is 2.32. The molecule has 1 heterocycles. The van der Waals surface area contributed by atoms with Gasteiger partial charge in [0.15, 0.2) is 0 Å². The van der Waals surface area contributed by atoms with Gasteiger partial charge in [0.2, 0.25) is 0 Å². The molecule has 4 nitrogen and oxygen atoms in total. The van der Waals surface area contributed by atoms with Gasteiger partial charge in [0.25, 0.3) is 0 Å². The van der Waals surface area contributed by atoms with E-state index in [9.17, 15) is 4.79 Å². The van der Waals surface area contributed by atoms with E-state index in [2.05, 4.69) is 6.92 Å². The fraction of sp³-hybridized carbons (Fsp3) is 0.923. The Bertz CT molecular complexity index is 276. The van der Waals surface area contributed by atoms with Gasteiger partial charge < -0.3 is 15.2 Å². The molecule has 2 N–H and O–H groups in total. The third-order valence-corrected chi connectivity index (χ3v) is 3.88. The van der Waals surface area contributed by atoms with E-state index in [0.717, 1.165) is 32.1 Å². The summed E-state index contributed by atoms with van der Waals surface area (Å²) < 4.78 is 10.8. The molecule has 0 aromatic carbocycles. The van der Waals surface area contributed by atoms with E-state index in [4.69, 9.17) is 15.2 Å². The second-order valence-corrected chi connectivity index (χ2v) is 5.57. The van der Waals surface area contributed by atoms with E-state index < -0.39 is 5.54 Å². The van der Waals surface area contributed by atoms with Crippen LogP contribution in [0.4, 0.5) is 0 Å². The van der Waals surface area contributed by atoms with Gasteiger partial charge in [-0.05, 0) is 18.8 Å². The molecule has 1 saturated carbocycles. The normalized spacial score (nSPS) is 35.5. The Morgan fingerprint density at radius 3 is 2.71 bits per heavy atom. The van der Waals surface area contributed by atoms with Crippen LogP contribution in [0.15, 0.2) is 0 Å². The first kappa shape index (κ1) is 12.8. The lowest BCUT2D eigenvalue weighted by Crippen LogP contribution is -2.53. The van der Waals surface area contributed by atoms with E-state index in [-0.39, 0.29) is 12.1 Å². The van der Waals surface area contributed by atoms with Gasteiger partial charge >= 0.3 is 5.97 Å². The minimum Gasteiger partial charge on any atom is -0.461 e. The van der Waals surface area contributed by atoms with Crippen LogP contribution in [0.3, 0.4) is 0 Å². The Kier molecular flexibility index (Phi) is 4.05. The zero-order valence-electron chi connectivity index (χ0n) is 10.6. The summed E-state index contributed by atoms with van der Waals surface area (Å²) in [5, 5.41) is 0. The third-order valence-electron chi connectivity index (χ3n) is 3.88. The predicted octanol–water partition coefficient (Wildman–Crippen LogP) is 1.62. The minimum atomic E-state index is -0.740. The van der Waals surface area contributed by atoms with Crippen molar-refractivity contribution in [2.24, 2.45) is 11.7 Å². The highest BCUT2D eigenvalue weighted by atomic mass is 16.6. The molecule has 2 atom stereocenters. The van der Waals surface area contributed by atoms with Crippen molar-refractivity contribution in [2.45, 2.75) is 57.1 Å². The average molecular weight is 241 g/mol. The van der Waals surface area contributed by atoms with Crippen molar-refractivity contribution in [3.05, 3.63) is 0 Å². The summed E-state index contributed by atoms with van der Waals surface area (Å²) in [6.45, 7) is 3.53. The Labute approximate surface area is 103 Å². The Balaban J connectivity index is 1.89. The number of rotatable bonds is 2. The average Bonchev–Trinajstić information content (AvgIpc) is 2.30. The molecule has 2 fully saturated rings. The minimum absolute atomic E-state index is 0.00825. The summed E-state index contributed by atoms with van der Waals surface area (Å²) in [4.78, 5) is 12.1. The SMILES string of the molecule is CC1CCCC(N)(C(=O)OC2CCOCC2)C1. The quantitative estimate of drug-likeness (QED) is 0.746. The summed E-state index contributed by atoms with van der Waals surface area (Å²) in [5.74, 6) is 0.326. The van der Waals surface area contributed by atoms with Crippen LogP contribution in [0, 0.1) is 5.92 Å². The first-order chi connectivity index (χ1) is 8.10. The van der Waals surface area contributed by atoms with Gasteiger partial charge in [-0.25, -0.2) is 0 Å². The molecule has 17 heavy (non-hydrogen) atoms. The van der Waals surface area contributed by atoms with Crippen LogP contribution in [-0.2, 0) is 14.3 Å². The van der Waals surface area contributed by atoms with Crippen LogP contribution in [0.1, 0.15) is 45.4 Å². The number of ether oxygens (including phenoxy) is 2. The van der Waals surface area contributed by atoms with Crippen molar-refractivity contribution in [3.63, 3.8) is 0 Å². The highest BCUT2D eigenvalue weighted by Gasteiger charge is 2.40. The molecule has 0 aromatic rings. The van der Waals surface area contributed by atoms with Gasteiger partial charge in [0, 0.05) is 12.8 Å². The fourth-order valence-corrected chi connectivity index (χ4v) is 2.84. The smallest absolute Gasteiger partial charge is 0.326 e. The van der Waals surface area contributed by atoms with Crippen LogP contribution >= 0.6 is 0 Å². The number of nitrogens with two attached hydrogens (primary N) is 1. The number of carbonyl (C=O) groups excluding carboxylic acids is 1. The largest absolute Gasteiger partial charge is 0.461 e. The molecule has 2 rings (SSSR count). The number of esters is 1. The molecule has 1 saturated heterocycles. The van der Waals surface area contributed by atoms with Gasteiger partial charge in [-0.15, -0.1) is 0 Å². The Morgan fingerprint density at radius 1 is 1.35 bits per heavy atom. The van der Waals surface area contributed by atoms with Crippen LogP contribution in [0.25, 0.3) is 0 Å². The fourth-order valence-electron chi connectivity index (χ4n) is 2.84. The lowest BCUT2D eigenvalue weighted by atomic mass is 9.77. The molecule has 4 heteroatoms. The number of hydrogen-bond acceptors (Lipinski definition) is 4. The molecular weight excluding hydrogens is 218 g/mol. The standard InChI is InChI=1S/C13H23NO3/c1-10-3-2-6-13(14,9-10)12(15)17-11-4-7-16-8-5-11/h10-11H,2-9,14H2,1H3. The Hall–Kier alpha value is -0.610. The van der Waals surface area contributed by atoms with Crippen molar-refractivity contribution in [1.29, 1.82) is 0 Å². The van der Waals surface area contributed by atoms with E-state index in [1.165, 1.54) is 6.42 Å². The number of hydrogen-bond donors (Lipinski definition) is 1. The van der Waals surface area contributed by atoms with Crippen LogP contribution < -0.4 is 5.73 Å². The Morgan fingerprint density at radius 2 is 2.06 bits per heavy atom. The summed E-state index contributed by atoms with van der Waals surface area (Å²) in [6.07, 6.45) is 5.33. The van der Waals surface area contributed by atoms with Crippen molar-refractivity contribution < 1.29 is 14.3 Å². The predicted molar refractivity (Wildman–Crippen MR) is 64.5 cm³/mol. The van der Waals surface area contributed by atoms with Gasteiger partial charge in [-0.2, -0.15) is 0 Å². The van der Waals surface area contributed by atoms with Crippen molar-refractivity contribution in [1.82, 2.24) is 0 Å². The molecule has 0 radical (unpaired) electrons. The maximum Gasteiger partial charge on any atom is 0.326 e. The molecule has 0 bridgehead atoms. The molecule has 98 valence electrons. The molecule has 1 aliphatic carbocycles. The van der Waals surface area contributed by atoms with E-state index in [0.29, 0.717) is 19.1 Å². The van der Waals surface area contributed by atoms with Gasteiger partial charge in [0.05, 0.1) is 13.2 Å². The van der Waals surface area contributed by atoms with Crippen molar-refractivity contribution in [2.75, 3.05) is 13.2 Å². The maximum atomic E-state index is 12.1. The molecule has 0 spiro atoms. The summed E-state index contributed by atoms with van der Waals surface area (Å²) in [6, 6.07) is 0. The zero-order chi connectivity index (χ0) is 12.3. The second-order valence-electron chi connectivity index (χ2n) is 5.57. The lowest BCUT2D eigenvalue weighted by molar-refractivity contribution is -0.161. The van der Waals surface area contributed by atoms with Gasteiger partial charge in [-0.3, -0.25) is 4.79 Å². The molecule has 0 amide bonds. The molecule has 2 unspecified atom stereocenters. The second kappa shape index (κ2) is 5.36. The van der Waals surface area contributed by atoms with Crippen LogP contribution in [0.2, 0.25) is 0 Å². The lowest BCUT2D eigenvalue weighted by Gasteiger charge is -2.36. The van der Waals surface area contributed by atoms with E-state index >= 15 is 0 Å². The van der Waals surface area contributed by atoms with Crippen LogP contribution in [0.5, 0.6) is 0 Å². The molecule has 0 aromatic heterocycles. The van der Waals surface area contributed by atoms with E-state index in [1.807, 2.05) is 0 Å². The van der Waals surface area contributed by atoms with E-state index in [1.54, 1.807) is 0 Å². The van der Waals surface area contributed by atoms with Gasteiger partial charge in [0.1, 0.15) is 11.6 Å². The van der Waals surface area contributed by atoms with Crippen molar-refractivity contribution >= 4 is 5.97 Å². The molecule has 1 aliphatic heterocycles. The number of carbonyl (C=O) groups is 1. The topological polar surface area (TPSA) is 61.6 Å². The first-order valence-corrected chi connectivity index (χ1v) is 6.68. The molecular formula is C13H23NO3. The monoisotopic (exact) mass is 241 g/mol. The summed E-state index contributed by atoms with van der Waals surface area (Å²) in [5.41, 5.74) is 5.46. The molecule has 2 aliphatic rings. The summed E-state index contributed by atoms with van der Waals surface area (Å²) in [7, 11) is 0. The first-order valence-electron chi connectivity index (χ1n) is 6.68. The highest BCUT2D eigenvalue weighted by molar-refractivity contribution is 5.80. The maximum absolute atomic E-state index is 12.1. The van der Waals surface area contributed by atoms with Crippen molar-refractivity contribution in [3.8, 4) is 0 Å². The van der Waals surface area contributed by atoms with Crippen LogP contribution in [-0.4, -0.2) is 30.8 Å².